The second-order valence-corrected chi connectivity index (χ2v) is 7.11. The molecule has 8 heteroatoms. The Balaban J connectivity index is 1.51. The van der Waals surface area contributed by atoms with E-state index in [-0.39, 0.29) is 24.1 Å². The molecule has 148 valence electrons. The van der Waals surface area contributed by atoms with Crippen LogP contribution in [0.15, 0.2) is 69.8 Å². The predicted octanol–water partition coefficient (Wildman–Crippen LogP) is 3.97. The van der Waals surface area contributed by atoms with Crippen LogP contribution >= 0.6 is 15.9 Å². The van der Waals surface area contributed by atoms with Crippen LogP contribution in [0.4, 0.5) is 11.4 Å². The summed E-state index contributed by atoms with van der Waals surface area (Å²) in [6.07, 6.45) is 1.41. The van der Waals surface area contributed by atoms with Crippen LogP contribution in [0.2, 0.25) is 0 Å². The number of furan rings is 1. The van der Waals surface area contributed by atoms with Gasteiger partial charge in [0.1, 0.15) is 0 Å². The van der Waals surface area contributed by atoms with Crippen LogP contribution in [-0.2, 0) is 4.79 Å². The minimum Gasteiger partial charge on any atom is -0.459 e. The van der Waals surface area contributed by atoms with E-state index < -0.39 is 5.91 Å². The Labute approximate surface area is 175 Å². The van der Waals surface area contributed by atoms with Crippen molar-refractivity contribution in [1.29, 1.82) is 0 Å². The lowest BCUT2D eigenvalue weighted by molar-refractivity contribution is -0.115. The van der Waals surface area contributed by atoms with Crippen LogP contribution in [0.1, 0.15) is 26.5 Å². The van der Waals surface area contributed by atoms with Crippen molar-refractivity contribution >= 4 is 45.0 Å². The number of rotatable bonds is 6. The molecule has 3 N–H and O–H groups in total. The molecule has 0 bridgehead atoms. The van der Waals surface area contributed by atoms with E-state index in [4.69, 9.17) is 4.42 Å². The van der Waals surface area contributed by atoms with Crippen molar-refractivity contribution in [2.45, 2.75) is 6.92 Å². The summed E-state index contributed by atoms with van der Waals surface area (Å²) in [5.41, 5.74) is 2.48. The molecule has 3 rings (SSSR count). The first kappa shape index (κ1) is 20.3. The van der Waals surface area contributed by atoms with Gasteiger partial charge < -0.3 is 20.4 Å². The van der Waals surface area contributed by atoms with Crippen LogP contribution in [0.25, 0.3) is 0 Å². The molecule has 3 aromatic rings. The van der Waals surface area contributed by atoms with E-state index in [0.717, 1.165) is 10.0 Å². The van der Waals surface area contributed by atoms with Crippen molar-refractivity contribution < 1.29 is 18.8 Å². The summed E-state index contributed by atoms with van der Waals surface area (Å²) in [6, 6.07) is 15.0. The van der Waals surface area contributed by atoms with E-state index in [9.17, 15) is 14.4 Å². The van der Waals surface area contributed by atoms with Gasteiger partial charge in [-0.2, -0.15) is 0 Å². The maximum absolute atomic E-state index is 12.2. The monoisotopic (exact) mass is 455 g/mol. The number of aryl methyl sites for hydroxylation is 1. The molecule has 0 aliphatic carbocycles. The first-order valence-corrected chi connectivity index (χ1v) is 9.51. The summed E-state index contributed by atoms with van der Waals surface area (Å²) in [4.78, 5) is 36.2. The van der Waals surface area contributed by atoms with Crippen LogP contribution in [0.5, 0.6) is 0 Å². The largest absolute Gasteiger partial charge is 0.459 e. The molecule has 0 fully saturated rings. The van der Waals surface area contributed by atoms with Gasteiger partial charge in [0.15, 0.2) is 5.76 Å². The Bertz CT molecular complexity index is 1030. The molecule has 0 aliphatic heterocycles. The van der Waals surface area contributed by atoms with Gasteiger partial charge in [-0.1, -0.05) is 15.9 Å². The molecule has 0 saturated carbocycles. The number of hydrogen-bond acceptors (Lipinski definition) is 4. The summed E-state index contributed by atoms with van der Waals surface area (Å²) in [5.74, 6) is -0.909. The zero-order valence-electron chi connectivity index (χ0n) is 15.5. The number of carbonyl (C=O) groups excluding carboxylic acids is 3. The van der Waals surface area contributed by atoms with Crippen LogP contribution in [-0.4, -0.2) is 24.3 Å². The third-order valence-corrected chi connectivity index (χ3v) is 4.52. The maximum Gasteiger partial charge on any atom is 0.291 e. The number of benzene rings is 2. The minimum atomic E-state index is -0.392. The Kier molecular flexibility index (Phi) is 6.46. The van der Waals surface area contributed by atoms with Gasteiger partial charge in [-0.15, -0.1) is 0 Å². The van der Waals surface area contributed by atoms with Gasteiger partial charge in [-0.25, -0.2) is 0 Å². The van der Waals surface area contributed by atoms with Crippen molar-refractivity contribution in [3.8, 4) is 0 Å². The molecule has 29 heavy (non-hydrogen) atoms. The molecule has 0 radical (unpaired) electrons. The molecule has 7 nitrogen and oxygen atoms in total. The smallest absolute Gasteiger partial charge is 0.291 e. The van der Waals surface area contributed by atoms with E-state index >= 15 is 0 Å². The first-order valence-electron chi connectivity index (χ1n) is 8.71. The Morgan fingerprint density at radius 2 is 1.72 bits per heavy atom. The molecule has 2 aromatic carbocycles. The first-order chi connectivity index (χ1) is 13.9. The maximum atomic E-state index is 12.2. The molecule has 0 atom stereocenters. The lowest BCUT2D eigenvalue weighted by Gasteiger charge is -2.10. The molecule has 1 heterocycles. The van der Waals surface area contributed by atoms with Crippen LogP contribution in [0.3, 0.4) is 0 Å². The number of nitrogens with one attached hydrogen (secondary N) is 3. The van der Waals surface area contributed by atoms with Crippen molar-refractivity contribution in [1.82, 2.24) is 5.32 Å². The van der Waals surface area contributed by atoms with Gasteiger partial charge >= 0.3 is 0 Å². The van der Waals surface area contributed by atoms with Gasteiger partial charge in [-0.3, -0.25) is 14.4 Å². The third kappa shape index (κ3) is 5.55. The molecular formula is C21H18BrN3O4. The average Bonchev–Trinajstić information content (AvgIpc) is 3.24. The van der Waals surface area contributed by atoms with Gasteiger partial charge in [0, 0.05) is 21.4 Å². The highest BCUT2D eigenvalue weighted by Crippen LogP contribution is 2.19. The molecule has 0 spiro atoms. The van der Waals surface area contributed by atoms with E-state index in [1.54, 1.807) is 42.5 Å². The Hall–Kier alpha value is -3.39. The standard InChI is InChI=1S/C21H18BrN3O4/c1-13-11-15(22)6-9-17(13)25-19(26)12-23-20(27)14-4-7-16(8-5-14)24-21(28)18-3-2-10-29-18/h2-11H,12H2,1H3,(H,23,27)(H,24,28)(H,25,26). The number of anilines is 2. The fraction of sp³-hybridized carbons (Fsp3) is 0.0952. The van der Waals surface area contributed by atoms with Crippen molar-refractivity contribution in [2.75, 3.05) is 17.2 Å². The third-order valence-electron chi connectivity index (χ3n) is 4.02. The van der Waals surface area contributed by atoms with Crippen molar-refractivity contribution in [2.24, 2.45) is 0 Å². The molecule has 0 unspecified atom stereocenters. The minimum absolute atomic E-state index is 0.161. The topological polar surface area (TPSA) is 100 Å². The van der Waals surface area contributed by atoms with Gasteiger partial charge in [0.2, 0.25) is 5.91 Å². The molecule has 0 aliphatic rings. The normalized spacial score (nSPS) is 10.3. The van der Waals surface area contributed by atoms with Gasteiger partial charge in [0.05, 0.1) is 12.8 Å². The number of carbonyl (C=O) groups is 3. The zero-order valence-corrected chi connectivity index (χ0v) is 17.1. The van der Waals surface area contributed by atoms with Gasteiger partial charge in [0.25, 0.3) is 11.8 Å². The van der Waals surface area contributed by atoms with Crippen LogP contribution < -0.4 is 16.0 Å². The lowest BCUT2D eigenvalue weighted by Crippen LogP contribution is -2.33. The fourth-order valence-corrected chi connectivity index (χ4v) is 3.01. The summed E-state index contributed by atoms with van der Waals surface area (Å²) in [6.45, 7) is 1.72. The quantitative estimate of drug-likeness (QED) is 0.523. The van der Waals surface area contributed by atoms with E-state index in [1.807, 2.05) is 19.1 Å². The number of amides is 3. The summed E-state index contributed by atoms with van der Waals surface area (Å²) >= 11 is 3.37. The molecule has 3 amide bonds. The second kappa shape index (κ2) is 9.20. The van der Waals surface area contributed by atoms with E-state index in [2.05, 4.69) is 31.9 Å². The predicted molar refractivity (Wildman–Crippen MR) is 113 cm³/mol. The Morgan fingerprint density at radius 1 is 0.966 bits per heavy atom. The van der Waals surface area contributed by atoms with Crippen LogP contribution in [0, 0.1) is 6.92 Å². The highest BCUT2D eigenvalue weighted by atomic mass is 79.9. The number of hydrogen-bond donors (Lipinski definition) is 3. The highest BCUT2D eigenvalue weighted by molar-refractivity contribution is 9.10. The molecular weight excluding hydrogens is 438 g/mol. The SMILES string of the molecule is Cc1cc(Br)ccc1NC(=O)CNC(=O)c1ccc(NC(=O)c2ccco2)cc1. The van der Waals surface area contributed by atoms with E-state index in [0.29, 0.717) is 16.9 Å². The summed E-state index contributed by atoms with van der Waals surface area (Å²) in [5, 5.41) is 7.99. The molecule has 1 aromatic heterocycles. The van der Waals surface area contributed by atoms with Crippen molar-refractivity contribution in [3.63, 3.8) is 0 Å². The zero-order chi connectivity index (χ0) is 20.8. The average molecular weight is 456 g/mol. The van der Waals surface area contributed by atoms with Gasteiger partial charge in [-0.05, 0) is 67.1 Å². The second-order valence-electron chi connectivity index (χ2n) is 6.20. The van der Waals surface area contributed by atoms with E-state index in [1.165, 1.54) is 6.26 Å². The number of halogens is 1. The Morgan fingerprint density at radius 3 is 2.38 bits per heavy atom. The molecule has 0 saturated heterocycles. The van der Waals surface area contributed by atoms with Crippen molar-refractivity contribution in [3.05, 3.63) is 82.2 Å². The summed E-state index contributed by atoms with van der Waals surface area (Å²) in [7, 11) is 0. The fourth-order valence-electron chi connectivity index (χ4n) is 2.53. The lowest BCUT2D eigenvalue weighted by atomic mass is 10.2. The highest BCUT2D eigenvalue weighted by Gasteiger charge is 2.11. The summed E-state index contributed by atoms with van der Waals surface area (Å²) < 4.78 is 5.94.